The maximum Gasteiger partial charge on any atom is 0.311 e. The van der Waals surface area contributed by atoms with Crippen LogP contribution in [0, 0.1) is 23.3 Å². The van der Waals surface area contributed by atoms with E-state index in [-0.39, 0.29) is 105 Å². The Hall–Kier alpha value is -5.80. The van der Waals surface area contributed by atoms with Crippen LogP contribution in [0.1, 0.15) is 64.0 Å². The summed E-state index contributed by atoms with van der Waals surface area (Å²) in [6.07, 6.45) is 5.22. The molecule has 0 amide bonds. The van der Waals surface area contributed by atoms with Gasteiger partial charge in [0, 0.05) is 85.1 Å². The van der Waals surface area contributed by atoms with Crippen molar-refractivity contribution in [1.29, 1.82) is 0 Å². The number of nitrogens with zero attached hydrogens (tertiary/aromatic N) is 2. The Bertz CT molecular complexity index is 3890. The first-order valence-electron chi connectivity index (χ1n) is 25.6. The molecule has 5 aromatic rings. The van der Waals surface area contributed by atoms with Gasteiger partial charge in [-0.15, -0.1) is 0 Å². The lowest BCUT2D eigenvalue weighted by molar-refractivity contribution is -0.441. The summed E-state index contributed by atoms with van der Waals surface area (Å²) in [6, 6.07) is 9.04. The smallest absolute Gasteiger partial charge is 0.311 e. The van der Waals surface area contributed by atoms with Crippen LogP contribution in [0.4, 0.5) is 28.9 Å². The minimum Gasteiger partial charge on any atom is -0.420 e. The average molecular weight is 1250 g/mol. The van der Waals surface area contributed by atoms with Gasteiger partial charge in [0.1, 0.15) is 16.4 Å². The molecule has 0 aliphatic carbocycles. The topological polar surface area (TPSA) is 296 Å². The number of carbonyl (C=O) groups excluding carboxylic acids is 1. The molecule has 2 heterocycles. The second kappa shape index (κ2) is 25.8. The van der Waals surface area contributed by atoms with Crippen LogP contribution in [-0.4, -0.2) is 148 Å². The standard InChI is InChI=1S/C54H60F4N2O19S4/c1-53(2)45(59(18-8-6-7-12-47(61)79-52-50(57)39(55)31-40(56)51(52)58)41-16-15-36-37(48(41)53)29-34(81(65,66)67)30-43(36)82(68,69)70)10-9-11-46-54(3,17-20-76-24-25-78-27-26-77-23-22-75-5)49-38-28-33(80(62,63)64)13-14-35(38)44(83(71,72)73)32-42(49)60(46)19-21-74-4/h9-11,13-16,28-32H,6-8,12,17-27H2,1-5H3,(H3-,62,63,64,65,66,67,68,69,70,71,72,73)/p+1. The van der Waals surface area contributed by atoms with E-state index in [1.165, 1.54) is 25.3 Å². The number of halogens is 4. The number of unbranched alkanes of at least 4 members (excludes halogenated alkanes) is 2. The molecule has 4 N–H and O–H groups in total. The maximum absolute atomic E-state index is 14.3. The van der Waals surface area contributed by atoms with Crippen molar-refractivity contribution >= 4 is 85.1 Å². The van der Waals surface area contributed by atoms with E-state index in [9.17, 15) is 74.2 Å². The number of allylic oxidation sites excluding steroid dienone is 4. The van der Waals surface area contributed by atoms with Crippen molar-refractivity contribution in [3.8, 4) is 5.75 Å². The van der Waals surface area contributed by atoms with Crippen molar-refractivity contribution in [2.24, 2.45) is 0 Å². The summed E-state index contributed by atoms with van der Waals surface area (Å²) in [5, 5.41) is -0.126. The van der Waals surface area contributed by atoms with Gasteiger partial charge in [-0.05, 0) is 78.9 Å². The molecule has 0 saturated carbocycles. The molecule has 7 rings (SSSR count). The first kappa shape index (κ1) is 64.8. The average Bonchev–Trinajstić information content (AvgIpc) is 2.21. The molecule has 0 fully saturated rings. The number of fused-ring (bicyclic) bond motifs is 6. The van der Waals surface area contributed by atoms with Crippen LogP contribution in [0.5, 0.6) is 5.75 Å². The van der Waals surface area contributed by atoms with E-state index in [0.717, 1.165) is 24.3 Å². The highest BCUT2D eigenvalue weighted by Gasteiger charge is 2.50. The Labute approximate surface area is 477 Å². The van der Waals surface area contributed by atoms with Gasteiger partial charge in [-0.3, -0.25) is 23.0 Å². The van der Waals surface area contributed by atoms with Crippen molar-refractivity contribution in [2.75, 3.05) is 85.1 Å². The number of benzene rings is 5. The van der Waals surface area contributed by atoms with Crippen LogP contribution in [-0.2, 0) is 79.8 Å². The Morgan fingerprint density at radius 2 is 1.16 bits per heavy atom. The fourth-order valence-corrected chi connectivity index (χ4v) is 13.0. The van der Waals surface area contributed by atoms with E-state index in [4.69, 9.17) is 23.7 Å². The normalized spacial score (nSPS) is 17.0. The summed E-state index contributed by atoms with van der Waals surface area (Å²) in [4.78, 5) is 11.7. The lowest BCUT2D eigenvalue weighted by atomic mass is 9.74. The highest BCUT2D eigenvalue weighted by Crippen LogP contribution is 2.53. The molecule has 29 heteroatoms. The molecule has 1 atom stereocenters. The van der Waals surface area contributed by atoms with E-state index >= 15 is 0 Å². The van der Waals surface area contributed by atoms with E-state index in [2.05, 4.69) is 4.74 Å². The van der Waals surface area contributed by atoms with Crippen LogP contribution < -0.4 is 9.64 Å². The lowest BCUT2D eigenvalue weighted by Gasteiger charge is -2.27. The van der Waals surface area contributed by atoms with Gasteiger partial charge in [-0.2, -0.15) is 47.0 Å². The van der Waals surface area contributed by atoms with Crippen molar-refractivity contribution in [3.63, 3.8) is 0 Å². The third-order valence-corrected chi connectivity index (χ3v) is 17.8. The molecule has 5 aromatic carbocycles. The van der Waals surface area contributed by atoms with Gasteiger partial charge in [0.05, 0.1) is 54.8 Å². The third-order valence-electron chi connectivity index (χ3n) is 14.3. The van der Waals surface area contributed by atoms with Gasteiger partial charge in [0.2, 0.25) is 23.1 Å². The van der Waals surface area contributed by atoms with Crippen molar-refractivity contribution < 1.29 is 107 Å². The summed E-state index contributed by atoms with van der Waals surface area (Å²) in [7, 11) is -17.2. The van der Waals surface area contributed by atoms with Gasteiger partial charge >= 0.3 is 5.97 Å². The monoisotopic (exact) mass is 1250 g/mol. The molecule has 0 saturated heterocycles. The highest BCUT2D eigenvalue weighted by atomic mass is 32.2. The quantitative estimate of drug-likeness (QED) is 0.00700. The van der Waals surface area contributed by atoms with Gasteiger partial charge in [0.15, 0.2) is 23.9 Å². The first-order valence-corrected chi connectivity index (χ1v) is 31.3. The third kappa shape index (κ3) is 14.1. The SMILES string of the molecule is COCCOCCOCCOCCC1(C)C(/C=C/C=C2/N(CCCCCC(=O)Oc3c(F)c(F)cc(F)c3F)c3ccc4c(S(=O)(=O)O)cc(S(=O)(=O)O)cc4c3C2(C)C)=[N+](CCOC)c2cc(S(=O)(=O)O)c3ccc(S(=O)(=O)O)cc3c21. The molecular weight excluding hydrogens is 1180 g/mol. The summed E-state index contributed by atoms with van der Waals surface area (Å²) >= 11 is 0. The molecule has 0 spiro atoms. The first-order chi connectivity index (χ1) is 38.9. The predicted molar refractivity (Wildman–Crippen MR) is 293 cm³/mol. The second-order valence-corrected chi connectivity index (χ2v) is 25.7. The Balaban J connectivity index is 1.33. The Morgan fingerprint density at radius 1 is 0.614 bits per heavy atom. The fraction of sp³-hybridized carbons (Fsp3) is 0.407. The molecule has 0 aromatic heterocycles. The van der Waals surface area contributed by atoms with Gasteiger partial charge in [-0.1, -0.05) is 38.5 Å². The lowest BCUT2D eigenvalue weighted by Crippen LogP contribution is -2.33. The van der Waals surface area contributed by atoms with Crippen LogP contribution in [0.2, 0.25) is 0 Å². The van der Waals surface area contributed by atoms with Crippen LogP contribution in [0.3, 0.4) is 0 Å². The number of rotatable bonds is 28. The van der Waals surface area contributed by atoms with E-state index in [1.807, 2.05) is 11.8 Å². The molecule has 2 aliphatic rings. The Morgan fingerprint density at radius 3 is 1.73 bits per heavy atom. The number of hydrogen-bond acceptors (Lipinski definition) is 16. The zero-order valence-electron chi connectivity index (χ0n) is 45.5. The molecule has 452 valence electrons. The minimum absolute atomic E-state index is 0.00847. The molecule has 0 radical (unpaired) electrons. The molecule has 83 heavy (non-hydrogen) atoms. The molecule has 2 aliphatic heterocycles. The summed E-state index contributed by atoms with van der Waals surface area (Å²) in [5.74, 6) is -10.1. The van der Waals surface area contributed by atoms with Crippen LogP contribution in [0.25, 0.3) is 21.5 Å². The van der Waals surface area contributed by atoms with Gasteiger partial charge in [0.25, 0.3) is 40.5 Å². The van der Waals surface area contributed by atoms with Gasteiger partial charge < -0.3 is 33.3 Å². The Kier molecular flexibility index (Phi) is 20.1. The van der Waals surface area contributed by atoms with Crippen LogP contribution >= 0.6 is 0 Å². The molecule has 21 nitrogen and oxygen atoms in total. The highest BCUT2D eigenvalue weighted by molar-refractivity contribution is 7.87. The molecule has 1 unspecified atom stereocenters. The number of ether oxygens (including phenoxy) is 6. The molecular formula is C54H61F4N2O19S4+. The van der Waals surface area contributed by atoms with Crippen molar-refractivity contribution in [1.82, 2.24) is 0 Å². The number of hydrogen-bond donors (Lipinski definition) is 4. The van der Waals surface area contributed by atoms with Crippen molar-refractivity contribution in [2.45, 2.75) is 83.3 Å². The van der Waals surface area contributed by atoms with E-state index in [1.54, 1.807) is 43.8 Å². The number of anilines is 1. The second-order valence-electron chi connectivity index (χ2n) is 20.1. The zero-order chi connectivity index (χ0) is 61.0. The molecule has 0 bridgehead atoms. The zero-order valence-corrected chi connectivity index (χ0v) is 48.8. The van der Waals surface area contributed by atoms with E-state index < -0.39 is 112 Å². The van der Waals surface area contributed by atoms with E-state index in [0.29, 0.717) is 54.1 Å². The predicted octanol–water partition coefficient (Wildman–Crippen LogP) is 8.03. The van der Waals surface area contributed by atoms with Crippen molar-refractivity contribution in [3.05, 3.63) is 113 Å². The number of esters is 1. The minimum atomic E-state index is -5.13. The maximum atomic E-state index is 14.3. The number of carbonyl (C=O) groups is 1. The number of methoxy groups -OCH3 is 2. The summed E-state index contributed by atoms with van der Waals surface area (Å²) in [6.45, 7) is 7.17. The largest absolute Gasteiger partial charge is 0.420 e. The van der Waals surface area contributed by atoms with Crippen LogP contribution in [0.15, 0.2) is 98.1 Å². The fourth-order valence-electron chi connectivity index (χ4n) is 10.5. The summed E-state index contributed by atoms with van der Waals surface area (Å²) in [5.41, 5.74) is -0.158. The van der Waals surface area contributed by atoms with Gasteiger partial charge in [-0.25, -0.2) is 8.78 Å². The summed E-state index contributed by atoms with van der Waals surface area (Å²) < 4.78 is 234.